The van der Waals surface area contributed by atoms with Crippen LogP contribution in [0.4, 0.5) is 0 Å². The Morgan fingerprint density at radius 3 is 0.826 bits per heavy atom. The Bertz CT molecular complexity index is 1630. The second kappa shape index (κ2) is 11.7. The van der Waals surface area contributed by atoms with E-state index in [2.05, 4.69) is 144 Å². The van der Waals surface area contributed by atoms with Crippen LogP contribution in [-0.2, 0) is 26.5 Å². The van der Waals surface area contributed by atoms with Gasteiger partial charge in [0, 0.05) is 22.3 Å². The van der Waals surface area contributed by atoms with Gasteiger partial charge in [0.1, 0.15) is 0 Å². The molecule has 0 unspecified atom stereocenters. The Labute approximate surface area is 278 Å². The van der Waals surface area contributed by atoms with Crippen LogP contribution < -0.4 is 0 Å². The maximum absolute atomic E-state index is 15.1. The molecular weight excluding hydrogens is 556 g/mol. The fourth-order valence-corrected chi connectivity index (χ4v) is 6.22. The van der Waals surface area contributed by atoms with Crippen LogP contribution in [0, 0.1) is 0 Å². The molecule has 0 saturated carbocycles. The quantitative estimate of drug-likeness (QED) is 0.225. The van der Waals surface area contributed by atoms with Crippen LogP contribution in [0.15, 0.2) is 97.1 Å². The fourth-order valence-electron chi connectivity index (χ4n) is 6.22. The maximum Gasteiger partial charge on any atom is 0.195 e. The van der Waals surface area contributed by atoms with Crippen molar-refractivity contribution >= 4 is 28.1 Å². The first-order chi connectivity index (χ1) is 21.3. The predicted octanol–water partition coefficient (Wildman–Crippen LogP) is 12.0. The van der Waals surface area contributed by atoms with Crippen LogP contribution in [0.1, 0.15) is 128 Å². The number of carbonyl (C=O) groups is 1. The van der Waals surface area contributed by atoms with E-state index in [1.165, 1.54) is 22.3 Å². The number of hydrogen-bond donors (Lipinski definition) is 0. The number of ketones is 1. The second-order valence-electron chi connectivity index (χ2n) is 17.2. The van der Waals surface area contributed by atoms with Crippen molar-refractivity contribution in [2.24, 2.45) is 0 Å². The van der Waals surface area contributed by atoms with Crippen molar-refractivity contribution < 1.29 is 4.79 Å². The van der Waals surface area contributed by atoms with Crippen molar-refractivity contribution in [1.82, 2.24) is 0 Å². The number of Topliss-reactive ketones (excluding diaryl/α,β-unsaturated/α-hetero) is 1. The summed E-state index contributed by atoms with van der Waals surface area (Å²) in [5.74, 6) is 0.0827. The van der Waals surface area contributed by atoms with Crippen LogP contribution in [0.2, 0.25) is 0 Å². The summed E-state index contributed by atoms with van der Waals surface area (Å²) in [5, 5.41) is 0. The van der Waals surface area contributed by atoms with Crippen molar-refractivity contribution in [2.45, 2.75) is 105 Å². The molecule has 0 aromatic heterocycles. The van der Waals surface area contributed by atoms with E-state index in [4.69, 9.17) is 0 Å². The lowest BCUT2D eigenvalue weighted by molar-refractivity contribution is -0.108. The monoisotopic (exact) mass is 608 g/mol. The van der Waals surface area contributed by atoms with Crippen LogP contribution in [-0.4, -0.2) is 5.78 Å². The molecule has 0 heterocycles. The molecule has 238 valence electrons. The van der Waals surface area contributed by atoms with Crippen molar-refractivity contribution in [3.05, 3.63) is 142 Å². The summed E-state index contributed by atoms with van der Waals surface area (Å²) < 4.78 is 0. The number of benzene rings is 4. The minimum absolute atomic E-state index is 0.0657. The van der Waals surface area contributed by atoms with E-state index in [-0.39, 0.29) is 27.4 Å². The summed E-state index contributed by atoms with van der Waals surface area (Å²) in [4.78, 5) is 15.1. The van der Waals surface area contributed by atoms with Crippen LogP contribution >= 0.6 is 0 Å². The highest BCUT2D eigenvalue weighted by Gasteiger charge is 2.37. The zero-order chi connectivity index (χ0) is 33.8. The molecule has 1 aliphatic rings. The number of carbonyl (C=O) groups excluding carboxylic acids is 1. The molecule has 0 radical (unpaired) electrons. The zero-order valence-electron chi connectivity index (χ0n) is 30.1. The predicted molar refractivity (Wildman–Crippen MR) is 199 cm³/mol. The molecule has 1 heteroatoms. The summed E-state index contributed by atoms with van der Waals surface area (Å²) in [6.07, 6.45) is 0. The summed E-state index contributed by atoms with van der Waals surface area (Å²) >= 11 is 0. The van der Waals surface area contributed by atoms with E-state index < -0.39 is 0 Å². The van der Waals surface area contributed by atoms with E-state index in [1.807, 2.05) is 36.4 Å². The number of hydrogen-bond acceptors (Lipinski definition) is 1. The highest BCUT2D eigenvalue weighted by Crippen LogP contribution is 2.51. The molecule has 1 nitrogen and oxygen atoms in total. The standard InChI is InChI=1S/C45H52O/c1-42(2,3)33-23-31(24-34(27-33)43(4,5)6)37-38(32-25-35(44(7,8)9)28-36(26-32)45(10,11)12)40(30-21-17-14-18-22-30)41(46)39(37)29-19-15-13-16-20-29/h13-28H,1-12H3. The molecule has 0 bridgehead atoms. The van der Waals surface area contributed by atoms with Gasteiger partial charge in [-0.05, 0) is 66.2 Å². The molecule has 1 aliphatic carbocycles. The molecular formula is C45H52O. The SMILES string of the molecule is CC(C)(C)c1cc(C2=C(c3ccccc3)C(=O)C(c3ccccc3)=C2c2cc(C(C)(C)C)cc(C(C)(C)C)c2)cc(C(C)(C)C)c1. The second-order valence-corrected chi connectivity index (χ2v) is 17.2. The van der Waals surface area contributed by atoms with Crippen molar-refractivity contribution in [2.75, 3.05) is 0 Å². The molecule has 5 rings (SSSR count). The summed E-state index contributed by atoms with van der Waals surface area (Å²) in [6, 6.07) is 34.6. The highest BCUT2D eigenvalue weighted by molar-refractivity contribution is 6.59. The molecule has 0 atom stereocenters. The minimum Gasteiger partial charge on any atom is -0.289 e. The lowest BCUT2D eigenvalue weighted by atomic mass is 9.76. The molecule has 0 amide bonds. The van der Waals surface area contributed by atoms with Crippen molar-refractivity contribution in [3.63, 3.8) is 0 Å². The normalized spacial score (nSPS) is 14.8. The van der Waals surface area contributed by atoms with Crippen LogP contribution in [0.25, 0.3) is 22.3 Å². The van der Waals surface area contributed by atoms with Crippen molar-refractivity contribution in [3.8, 4) is 0 Å². The topological polar surface area (TPSA) is 17.1 Å². The lowest BCUT2D eigenvalue weighted by Crippen LogP contribution is -2.17. The summed E-state index contributed by atoms with van der Waals surface area (Å²) in [7, 11) is 0. The molecule has 0 aliphatic heterocycles. The zero-order valence-corrected chi connectivity index (χ0v) is 30.1. The maximum atomic E-state index is 15.1. The van der Waals surface area contributed by atoms with Gasteiger partial charge in [-0.25, -0.2) is 0 Å². The van der Waals surface area contributed by atoms with Gasteiger partial charge in [0.15, 0.2) is 5.78 Å². The lowest BCUT2D eigenvalue weighted by Gasteiger charge is -2.28. The first kappa shape index (κ1) is 33.4. The van der Waals surface area contributed by atoms with Gasteiger partial charge < -0.3 is 0 Å². The average molecular weight is 609 g/mol. The van der Waals surface area contributed by atoms with Crippen LogP contribution in [0.5, 0.6) is 0 Å². The van der Waals surface area contributed by atoms with Gasteiger partial charge >= 0.3 is 0 Å². The van der Waals surface area contributed by atoms with E-state index >= 15 is 4.79 Å². The fraction of sp³-hybridized carbons (Fsp3) is 0.356. The van der Waals surface area contributed by atoms with Gasteiger partial charge in [-0.1, -0.05) is 180 Å². The summed E-state index contributed by atoms with van der Waals surface area (Å²) in [6.45, 7) is 27.3. The van der Waals surface area contributed by atoms with Gasteiger partial charge in [-0.2, -0.15) is 0 Å². The first-order valence-corrected chi connectivity index (χ1v) is 16.7. The van der Waals surface area contributed by atoms with Gasteiger partial charge in [0.25, 0.3) is 0 Å². The third-order valence-electron chi connectivity index (χ3n) is 9.24. The Morgan fingerprint density at radius 2 is 0.587 bits per heavy atom. The Kier molecular flexibility index (Phi) is 8.48. The third kappa shape index (κ3) is 6.61. The van der Waals surface area contributed by atoms with Gasteiger partial charge in [0.05, 0.1) is 0 Å². The number of rotatable bonds is 4. The Morgan fingerprint density at radius 1 is 0.326 bits per heavy atom. The molecule has 46 heavy (non-hydrogen) atoms. The molecule has 0 fully saturated rings. The first-order valence-electron chi connectivity index (χ1n) is 16.7. The minimum atomic E-state index is -0.0657. The average Bonchev–Trinajstić information content (AvgIpc) is 3.28. The Balaban J connectivity index is 2.00. The summed E-state index contributed by atoms with van der Waals surface area (Å²) in [5.41, 5.74) is 12.5. The van der Waals surface area contributed by atoms with E-state index in [0.717, 1.165) is 44.5 Å². The van der Waals surface area contributed by atoms with E-state index in [1.54, 1.807) is 0 Å². The molecule has 4 aromatic carbocycles. The largest absolute Gasteiger partial charge is 0.289 e. The molecule has 4 aromatic rings. The van der Waals surface area contributed by atoms with Gasteiger partial charge in [-0.15, -0.1) is 0 Å². The smallest absolute Gasteiger partial charge is 0.195 e. The molecule has 0 saturated heterocycles. The van der Waals surface area contributed by atoms with Gasteiger partial charge in [-0.3, -0.25) is 4.79 Å². The number of allylic oxidation sites excluding steroid dienone is 4. The highest BCUT2D eigenvalue weighted by atomic mass is 16.1. The van der Waals surface area contributed by atoms with Crippen molar-refractivity contribution in [1.29, 1.82) is 0 Å². The molecule has 0 N–H and O–H groups in total. The van der Waals surface area contributed by atoms with Crippen LogP contribution in [0.3, 0.4) is 0 Å². The van der Waals surface area contributed by atoms with E-state index in [9.17, 15) is 0 Å². The van der Waals surface area contributed by atoms with Gasteiger partial charge in [0.2, 0.25) is 0 Å². The van der Waals surface area contributed by atoms with E-state index in [0.29, 0.717) is 0 Å². The third-order valence-corrected chi connectivity index (χ3v) is 9.24. The Hall–Kier alpha value is -3.97. The molecule has 0 spiro atoms.